The van der Waals surface area contributed by atoms with Crippen LogP contribution in [0.3, 0.4) is 0 Å². The Morgan fingerprint density at radius 2 is 1.44 bits per heavy atom. The molecule has 0 saturated carbocycles. The molecule has 0 aromatic rings. The molecule has 0 atom stereocenters. The van der Waals surface area contributed by atoms with Gasteiger partial charge >= 0.3 is 0 Å². The number of carbonyl (C=O) groups excluding carboxylic acids is 2. The van der Waals surface area contributed by atoms with Gasteiger partial charge in [-0.3, -0.25) is 9.59 Å². The van der Waals surface area contributed by atoms with E-state index in [-0.39, 0.29) is 40.8 Å². The van der Waals surface area contributed by atoms with E-state index in [2.05, 4.69) is 0 Å². The molecule has 4 heteroatoms. The van der Waals surface area contributed by atoms with Crippen LogP contribution in [0.4, 0.5) is 0 Å². The Balaban J connectivity index is 0. The first-order chi connectivity index (χ1) is 3.55. The molecule has 0 saturated heterocycles. The minimum absolute atomic E-state index is 0. The second-order valence-corrected chi connectivity index (χ2v) is 1.62. The molecular weight excluding hydrogens is 252 g/mol. The Hall–Kier alpha value is 0.651. The average Bonchev–Trinajstić information content (AvgIpc) is 1.64. The van der Waals surface area contributed by atoms with Crippen molar-refractivity contribution in [3.05, 3.63) is 0 Å². The van der Waals surface area contributed by atoms with Crippen molar-refractivity contribution in [2.24, 2.45) is 0 Å². The molecule has 9 heavy (non-hydrogen) atoms. The van der Waals surface area contributed by atoms with Crippen LogP contribution in [0.15, 0.2) is 0 Å². The Labute approximate surface area is 86.3 Å². The van der Waals surface area contributed by atoms with Crippen LogP contribution in [0.5, 0.6) is 0 Å². The van der Waals surface area contributed by atoms with Gasteiger partial charge in [0.1, 0.15) is 0 Å². The Morgan fingerprint density at radius 1 is 1.22 bits per heavy atom. The summed E-state index contributed by atoms with van der Waals surface area (Å²) in [4.78, 5) is 20.2. The number of ketones is 2. The number of aliphatic hydroxyl groups is 1. The molecule has 0 aromatic carbocycles. The van der Waals surface area contributed by atoms with Crippen molar-refractivity contribution in [1.82, 2.24) is 0 Å². The summed E-state index contributed by atoms with van der Waals surface area (Å²) in [7, 11) is 0. The zero-order chi connectivity index (χ0) is 6.73. The third kappa shape index (κ3) is 5.11. The van der Waals surface area contributed by atoms with Crippen molar-refractivity contribution in [2.75, 3.05) is 0 Å². The monoisotopic (exact) mass is 258 g/mol. The molecule has 0 aliphatic carbocycles. The maximum absolute atomic E-state index is 10.1. The number of hydrogen-bond donors (Lipinski definition) is 1. The van der Waals surface area contributed by atoms with Crippen molar-refractivity contribution in [3.63, 3.8) is 0 Å². The van der Waals surface area contributed by atoms with Gasteiger partial charge in [0.05, 0.1) is 0 Å². The van der Waals surface area contributed by atoms with Gasteiger partial charge < -0.3 is 5.11 Å². The van der Waals surface area contributed by atoms with Gasteiger partial charge in [-0.25, -0.2) is 0 Å². The van der Waals surface area contributed by atoms with E-state index in [1.165, 1.54) is 13.8 Å². The third-order valence-electron chi connectivity index (χ3n) is 0.770. The van der Waals surface area contributed by atoms with Crippen LogP contribution in [-0.2, 0) is 9.59 Å². The molecule has 1 N–H and O–H groups in total. The molecule has 0 radical (unpaired) electrons. The van der Waals surface area contributed by atoms with Gasteiger partial charge in [0, 0.05) is 40.8 Å². The summed E-state index contributed by atoms with van der Waals surface area (Å²) in [6.07, 6.45) is -1.41. The minimum Gasteiger partial charge on any atom is -0.378 e. The Bertz CT molecular complexity index is 107. The van der Waals surface area contributed by atoms with Crippen molar-refractivity contribution in [2.45, 2.75) is 20.0 Å². The molecule has 50 valence electrons. The summed E-state index contributed by atoms with van der Waals surface area (Å²) in [5.74, 6) is -1.00. The summed E-state index contributed by atoms with van der Waals surface area (Å²) >= 11 is 0. The number of carbonyl (C=O) groups is 2. The SMILES string of the molecule is CC(=O)C(O)C(C)=O.[Nd]. The summed E-state index contributed by atoms with van der Waals surface area (Å²) in [5.41, 5.74) is 0. The number of hydrogen-bond acceptors (Lipinski definition) is 3. The molecule has 0 unspecified atom stereocenters. The Morgan fingerprint density at radius 3 is 1.44 bits per heavy atom. The van der Waals surface area contributed by atoms with Crippen molar-refractivity contribution < 1.29 is 55.5 Å². The molecule has 0 spiro atoms. The van der Waals surface area contributed by atoms with Crippen LogP contribution in [0.1, 0.15) is 13.8 Å². The molecule has 0 bridgehead atoms. The summed E-state index contributed by atoms with van der Waals surface area (Å²) in [6, 6.07) is 0. The van der Waals surface area contributed by atoms with Gasteiger partial charge in [0.25, 0.3) is 0 Å². The van der Waals surface area contributed by atoms with Crippen LogP contribution in [-0.4, -0.2) is 22.8 Å². The molecule has 0 amide bonds. The Kier molecular flexibility index (Phi) is 7.45. The topological polar surface area (TPSA) is 54.4 Å². The fourth-order valence-electron chi connectivity index (χ4n) is 0.286. The zero-order valence-corrected chi connectivity index (χ0v) is 8.55. The molecule has 0 rings (SSSR count). The van der Waals surface area contributed by atoms with Gasteiger partial charge in [0.15, 0.2) is 17.7 Å². The van der Waals surface area contributed by atoms with Gasteiger partial charge in [-0.2, -0.15) is 0 Å². The van der Waals surface area contributed by atoms with Crippen LogP contribution in [0.25, 0.3) is 0 Å². The van der Waals surface area contributed by atoms with Crippen molar-refractivity contribution >= 4 is 11.6 Å². The first-order valence-electron chi connectivity index (χ1n) is 2.24. The minimum atomic E-state index is -1.41. The smallest absolute Gasteiger partial charge is 0.170 e. The molecule has 0 heterocycles. The zero-order valence-electron chi connectivity index (χ0n) is 5.34. The van der Waals surface area contributed by atoms with E-state index in [1.807, 2.05) is 0 Å². The van der Waals surface area contributed by atoms with Crippen LogP contribution < -0.4 is 0 Å². The fraction of sp³-hybridized carbons (Fsp3) is 0.600. The molecular formula is C5H8NdO3. The van der Waals surface area contributed by atoms with Crippen molar-refractivity contribution in [1.29, 1.82) is 0 Å². The van der Waals surface area contributed by atoms with Crippen LogP contribution >= 0.6 is 0 Å². The number of rotatable bonds is 2. The van der Waals surface area contributed by atoms with Crippen molar-refractivity contribution in [3.8, 4) is 0 Å². The summed E-state index contributed by atoms with van der Waals surface area (Å²) in [6.45, 7) is 2.35. The molecule has 0 aliphatic rings. The molecule has 0 aromatic heterocycles. The van der Waals surface area contributed by atoms with Crippen LogP contribution in [0.2, 0.25) is 0 Å². The van der Waals surface area contributed by atoms with Crippen LogP contribution in [0, 0.1) is 40.8 Å². The predicted octanol–water partition coefficient (Wildman–Crippen LogP) is -0.475. The van der Waals surface area contributed by atoms with E-state index in [0.717, 1.165) is 0 Å². The normalized spacial score (nSPS) is 8.44. The summed E-state index contributed by atoms with van der Waals surface area (Å²) in [5, 5.41) is 8.50. The molecule has 0 fully saturated rings. The third-order valence-corrected chi connectivity index (χ3v) is 0.770. The van der Waals surface area contributed by atoms with Gasteiger partial charge in [-0.1, -0.05) is 0 Å². The standard InChI is InChI=1S/C5H8O3.Nd/c1-3(6)5(8)4(2)7;/h5,8H,1-2H3;. The molecule has 3 nitrogen and oxygen atoms in total. The van der Waals surface area contributed by atoms with E-state index in [9.17, 15) is 9.59 Å². The maximum Gasteiger partial charge on any atom is 0.170 e. The maximum atomic E-state index is 10.1. The number of aliphatic hydroxyl groups excluding tert-OH is 1. The van der Waals surface area contributed by atoms with Gasteiger partial charge in [-0.05, 0) is 13.8 Å². The van der Waals surface area contributed by atoms with Gasteiger partial charge in [0.2, 0.25) is 0 Å². The second-order valence-electron chi connectivity index (χ2n) is 1.62. The first kappa shape index (κ1) is 12.3. The van der Waals surface area contributed by atoms with E-state index >= 15 is 0 Å². The van der Waals surface area contributed by atoms with E-state index < -0.39 is 17.7 Å². The predicted molar refractivity (Wildman–Crippen MR) is 27.4 cm³/mol. The van der Waals surface area contributed by atoms with E-state index in [4.69, 9.17) is 5.11 Å². The van der Waals surface area contributed by atoms with Gasteiger partial charge in [-0.15, -0.1) is 0 Å². The van der Waals surface area contributed by atoms with E-state index in [1.54, 1.807) is 0 Å². The number of Topliss-reactive ketones (excluding diaryl/α,β-unsaturated/α-hetero) is 2. The van der Waals surface area contributed by atoms with E-state index in [0.29, 0.717) is 0 Å². The largest absolute Gasteiger partial charge is 0.378 e. The fourth-order valence-corrected chi connectivity index (χ4v) is 0.286. The first-order valence-corrected chi connectivity index (χ1v) is 2.24. The average molecular weight is 260 g/mol. The summed E-state index contributed by atoms with van der Waals surface area (Å²) < 4.78 is 0. The molecule has 0 aliphatic heterocycles. The second kappa shape index (κ2) is 5.44. The quantitative estimate of drug-likeness (QED) is 0.683.